The molecule has 100 valence electrons. The molecule has 1 aliphatic heterocycles. The fourth-order valence-corrected chi connectivity index (χ4v) is 2.05. The summed E-state index contributed by atoms with van der Waals surface area (Å²) in [6.07, 6.45) is 2.33. The average molecular weight is 261 g/mol. The van der Waals surface area contributed by atoms with Crippen LogP contribution in [0.2, 0.25) is 0 Å². The lowest BCUT2D eigenvalue weighted by atomic mass is 9.76. The highest BCUT2D eigenvalue weighted by atomic mass is 16.2. The third kappa shape index (κ3) is 2.62. The molecule has 0 bridgehead atoms. The van der Waals surface area contributed by atoms with Gasteiger partial charge in [0.25, 0.3) is 0 Å². The Kier molecular flexibility index (Phi) is 3.33. The van der Waals surface area contributed by atoms with E-state index in [0.29, 0.717) is 18.7 Å². The fraction of sp³-hybridized carbons (Fsp3) is 0.385. The Bertz CT molecular complexity index is 539. The summed E-state index contributed by atoms with van der Waals surface area (Å²) in [5.41, 5.74) is -0.0260. The van der Waals surface area contributed by atoms with E-state index in [1.165, 1.54) is 6.92 Å². The van der Waals surface area contributed by atoms with Gasteiger partial charge in [-0.15, -0.1) is 0 Å². The highest BCUT2D eigenvalue weighted by Gasteiger charge is 2.40. The molecule has 6 heteroatoms. The number of nitrogens with zero attached hydrogens (tertiary/aromatic N) is 1. The third-order valence-corrected chi connectivity index (χ3v) is 3.31. The van der Waals surface area contributed by atoms with Crippen LogP contribution in [0.25, 0.3) is 0 Å². The van der Waals surface area contributed by atoms with Gasteiger partial charge in [0.15, 0.2) is 0 Å². The van der Waals surface area contributed by atoms with E-state index < -0.39 is 5.41 Å². The largest absolute Gasteiger partial charge is 0.311 e. The fourth-order valence-electron chi connectivity index (χ4n) is 2.05. The number of pyridine rings is 1. The Hall–Kier alpha value is -2.24. The van der Waals surface area contributed by atoms with E-state index in [1.807, 2.05) is 0 Å². The summed E-state index contributed by atoms with van der Waals surface area (Å²) < 4.78 is 0. The second-order valence-corrected chi connectivity index (χ2v) is 4.82. The molecule has 0 aliphatic carbocycles. The quantitative estimate of drug-likeness (QED) is 0.768. The monoisotopic (exact) mass is 261 g/mol. The van der Waals surface area contributed by atoms with E-state index in [4.69, 9.17) is 0 Å². The SMILES string of the molecule is CC(=O)Nc1ccc([C@]2(C)CCC(=O)NC2=O)cn1. The first-order valence-corrected chi connectivity index (χ1v) is 6.00. The van der Waals surface area contributed by atoms with Gasteiger partial charge in [-0.1, -0.05) is 6.07 Å². The van der Waals surface area contributed by atoms with E-state index in [-0.39, 0.29) is 17.7 Å². The Morgan fingerprint density at radius 3 is 2.68 bits per heavy atom. The Morgan fingerprint density at radius 2 is 2.16 bits per heavy atom. The Labute approximate surface area is 110 Å². The van der Waals surface area contributed by atoms with E-state index in [0.717, 1.165) is 5.56 Å². The number of piperidine rings is 1. The number of aromatic nitrogens is 1. The smallest absolute Gasteiger partial charge is 0.236 e. The number of hydrogen-bond acceptors (Lipinski definition) is 4. The summed E-state index contributed by atoms with van der Waals surface area (Å²) in [6.45, 7) is 3.18. The standard InChI is InChI=1S/C13H15N3O3/c1-8(17)15-10-4-3-9(7-14-10)13(2)6-5-11(18)16-12(13)19/h3-4,7H,5-6H2,1-2H3,(H,14,15,17)(H,16,18,19)/t13-/m0/s1. The van der Waals surface area contributed by atoms with E-state index >= 15 is 0 Å². The van der Waals surface area contributed by atoms with Gasteiger partial charge in [-0.25, -0.2) is 4.98 Å². The van der Waals surface area contributed by atoms with Crippen molar-refractivity contribution in [1.29, 1.82) is 0 Å². The van der Waals surface area contributed by atoms with Crippen molar-refractivity contribution in [3.05, 3.63) is 23.9 Å². The molecule has 1 fully saturated rings. The number of hydrogen-bond donors (Lipinski definition) is 2. The molecular weight excluding hydrogens is 246 g/mol. The maximum Gasteiger partial charge on any atom is 0.236 e. The lowest BCUT2D eigenvalue weighted by molar-refractivity contribution is -0.137. The van der Waals surface area contributed by atoms with Crippen molar-refractivity contribution >= 4 is 23.5 Å². The summed E-state index contributed by atoms with van der Waals surface area (Å²) >= 11 is 0. The maximum atomic E-state index is 12.0. The number of nitrogens with one attached hydrogen (secondary N) is 2. The molecule has 0 radical (unpaired) electrons. The van der Waals surface area contributed by atoms with Crippen LogP contribution in [0.3, 0.4) is 0 Å². The van der Waals surface area contributed by atoms with Gasteiger partial charge in [-0.3, -0.25) is 19.7 Å². The summed E-state index contributed by atoms with van der Waals surface area (Å²) in [5.74, 6) is -0.317. The van der Waals surface area contributed by atoms with Gasteiger partial charge >= 0.3 is 0 Å². The zero-order valence-electron chi connectivity index (χ0n) is 10.8. The van der Waals surface area contributed by atoms with Gasteiger partial charge in [-0.05, 0) is 25.0 Å². The van der Waals surface area contributed by atoms with Crippen LogP contribution >= 0.6 is 0 Å². The molecule has 19 heavy (non-hydrogen) atoms. The third-order valence-electron chi connectivity index (χ3n) is 3.31. The van der Waals surface area contributed by atoms with Crippen LogP contribution in [0.5, 0.6) is 0 Å². The van der Waals surface area contributed by atoms with E-state index in [9.17, 15) is 14.4 Å². The molecule has 3 amide bonds. The second kappa shape index (κ2) is 4.79. The second-order valence-electron chi connectivity index (χ2n) is 4.82. The predicted molar refractivity (Wildman–Crippen MR) is 68.3 cm³/mol. The molecule has 1 aromatic rings. The van der Waals surface area contributed by atoms with E-state index in [2.05, 4.69) is 15.6 Å². The van der Waals surface area contributed by atoms with Gasteiger partial charge in [0, 0.05) is 19.5 Å². The predicted octanol–water partition coefficient (Wildman–Crippen LogP) is 0.734. The average Bonchev–Trinajstić information content (AvgIpc) is 2.34. The number of imide groups is 1. The van der Waals surface area contributed by atoms with Crippen LogP contribution in [0.1, 0.15) is 32.3 Å². The van der Waals surface area contributed by atoms with Gasteiger partial charge in [0.1, 0.15) is 5.82 Å². The van der Waals surface area contributed by atoms with Crippen molar-refractivity contribution < 1.29 is 14.4 Å². The van der Waals surface area contributed by atoms with Crippen molar-refractivity contribution in [2.24, 2.45) is 0 Å². The van der Waals surface area contributed by atoms with Crippen LogP contribution in [-0.4, -0.2) is 22.7 Å². The van der Waals surface area contributed by atoms with Crippen molar-refractivity contribution in [2.75, 3.05) is 5.32 Å². The molecule has 0 unspecified atom stereocenters. The number of anilines is 1. The van der Waals surface area contributed by atoms with Gasteiger partial charge in [0.2, 0.25) is 17.7 Å². The highest BCUT2D eigenvalue weighted by Crippen LogP contribution is 2.31. The summed E-state index contributed by atoms with van der Waals surface area (Å²) in [5, 5.41) is 4.90. The van der Waals surface area contributed by atoms with Crippen LogP contribution in [0, 0.1) is 0 Å². The molecule has 1 aliphatic rings. The van der Waals surface area contributed by atoms with Crippen molar-refractivity contribution in [3.63, 3.8) is 0 Å². The van der Waals surface area contributed by atoms with Crippen molar-refractivity contribution in [1.82, 2.24) is 10.3 Å². The van der Waals surface area contributed by atoms with Crippen LogP contribution in [-0.2, 0) is 19.8 Å². The van der Waals surface area contributed by atoms with Gasteiger partial charge < -0.3 is 5.32 Å². The highest BCUT2D eigenvalue weighted by molar-refractivity contribution is 6.03. The normalized spacial score (nSPS) is 22.8. The molecule has 1 saturated heterocycles. The molecule has 0 saturated carbocycles. The first-order chi connectivity index (χ1) is 8.91. The number of amides is 3. The minimum atomic E-state index is -0.754. The molecule has 2 heterocycles. The minimum Gasteiger partial charge on any atom is -0.311 e. The van der Waals surface area contributed by atoms with Gasteiger partial charge in [-0.2, -0.15) is 0 Å². The molecule has 1 aromatic heterocycles. The molecule has 6 nitrogen and oxygen atoms in total. The molecule has 0 spiro atoms. The zero-order chi connectivity index (χ0) is 14.0. The zero-order valence-corrected chi connectivity index (χ0v) is 10.8. The van der Waals surface area contributed by atoms with Crippen LogP contribution in [0.4, 0.5) is 5.82 Å². The molecule has 2 N–H and O–H groups in total. The molecule has 1 atom stereocenters. The summed E-state index contributed by atoms with van der Waals surface area (Å²) in [4.78, 5) is 38.1. The number of carbonyl (C=O) groups excluding carboxylic acids is 3. The molecule has 2 rings (SSSR count). The van der Waals surface area contributed by atoms with Crippen LogP contribution in [0.15, 0.2) is 18.3 Å². The lowest BCUT2D eigenvalue weighted by Crippen LogP contribution is -2.49. The molecular formula is C13H15N3O3. The first-order valence-electron chi connectivity index (χ1n) is 6.00. The Balaban J connectivity index is 2.23. The maximum absolute atomic E-state index is 12.0. The number of rotatable bonds is 2. The van der Waals surface area contributed by atoms with Crippen molar-refractivity contribution in [2.45, 2.75) is 32.1 Å². The first kappa shape index (κ1) is 13.2. The summed E-state index contributed by atoms with van der Waals surface area (Å²) in [7, 11) is 0. The topological polar surface area (TPSA) is 88.2 Å². The lowest BCUT2D eigenvalue weighted by Gasteiger charge is -2.31. The number of carbonyl (C=O) groups is 3. The minimum absolute atomic E-state index is 0.201. The Morgan fingerprint density at radius 1 is 1.42 bits per heavy atom. The van der Waals surface area contributed by atoms with Crippen molar-refractivity contribution in [3.8, 4) is 0 Å². The van der Waals surface area contributed by atoms with Gasteiger partial charge in [0.05, 0.1) is 5.41 Å². The van der Waals surface area contributed by atoms with E-state index in [1.54, 1.807) is 25.3 Å². The van der Waals surface area contributed by atoms with Crippen LogP contribution < -0.4 is 10.6 Å². The molecule has 0 aromatic carbocycles. The summed E-state index contributed by atoms with van der Waals surface area (Å²) in [6, 6.07) is 3.39.